The third-order valence-corrected chi connectivity index (χ3v) is 6.36. The maximum Gasteiger partial charge on any atom is 0.266 e. The van der Waals surface area contributed by atoms with Crippen LogP contribution in [0, 0.1) is 5.92 Å². The lowest BCUT2D eigenvalue weighted by atomic mass is 9.97. The van der Waals surface area contributed by atoms with Crippen LogP contribution in [0.3, 0.4) is 0 Å². The summed E-state index contributed by atoms with van der Waals surface area (Å²) in [5.41, 5.74) is 0.826. The fraction of sp³-hybridized carbons (Fsp3) is 0.429. The molecule has 1 aliphatic heterocycles. The van der Waals surface area contributed by atoms with Crippen molar-refractivity contribution in [2.24, 2.45) is 5.92 Å². The molecule has 0 aliphatic carbocycles. The zero-order valence-electron chi connectivity index (χ0n) is 16.9. The molecule has 1 atom stereocenters. The molecular formula is C21H25N5O3S. The van der Waals surface area contributed by atoms with Gasteiger partial charge in [0, 0.05) is 38.4 Å². The Morgan fingerprint density at radius 3 is 3.10 bits per heavy atom. The molecule has 1 fully saturated rings. The van der Waals surface area contributed by atoms with Crippen LogP contribution in [0.2, 0.25) is 0 Å². The van der Waals surface area contributed by atoms with Crippen LogP contribution in [0.15, 0.2) is 41.3 Å². The quantitative estimate of drug-likeness (QED) is 0.582. The maximum absolute atomic E-state index is 12.7. The van der Waals surface area contributed by atoms with Gasteiger partial charge in [0.1, 0.15) is 5.75 Å². The number of aryl methyl sites for hydroxylation is 1. The molecule has 1 amide bonds. The van der Waals surface area contributed by atoms with E-state index in [2.05, 4.69) is 15.3 Å². The number of hydrogen-bond acceptors (Lipinski definition) is 7. The van der Waals surface area contributed by atoms with Crippen molar-refractivity contribution in [1.82, 2.24) is 20.1 Å². The highest BCUT2D eigenvalue weighted by atomic mass is 32.1. The Morgan fingerprint density at radius 2 is 2.27 bits per heavy atom. The summed E-state index contributed by atoms with van der Waals surface area (Å²) in [7, 11) is 1.66. The third-order valence-electron chi connectivity index (χ3n) is 5.28. The maximum atomic E-state index is 12.7. The summed E-state index contributed by atoms with van der Waals surface area (Å²) < 4.78 is 7.79. The van der Waals surface area contributed by atoms with Crippen LogP contribution in [-0.2, 0) is 11.3 Å². The number of carbonyl (C=O) groups is 1. The summed E-state index contributed by atoms with van der Waals surface area (Å²) >= 11 is 1.63. The topological polar surface area (TPSA) is 89.3 Å². The summed E-state index contributed by atoms with van der Waals surface area (Å²) in [6.07, 6.45) is 4.09. The largest absolute Gasteiger partial charge is 0.497 e. The Morgan fingerprint density at radius 1 is 1.37 bits per heavy atom. The van der Waals surface area contributed by atoms with Crippen molar-refractivity contribution in [3.8, 4) is 5.75 Å². The third kappa shape index (κ3) is 4.62. The predicted molar refractivity (Wildman–Crippen MR) is 117 cm³/mol. The number of ether oxygens (including phenoxy) is 1. The Bertz CT molecular complexity index is 1080. The van der Waals surface area contributed by atoms with E-state index in [4.69, 9.17) is 9.72 Å². The van der Waals surface area contributed by atoms with E-state index in [-0.39, 0.29) is 17.4 Å². The van der Waals surface area contributed by atoms with Gasteiger partial charge >= 0.3 is 0 Å². The number of fused-ring (bicyclic) bond motifs is 1. The van der Waals surface area contributed by atoms with Crippen molar-refractivity contribution >= 4 is 32.6 Å². The van der Waals surface area contributed by atoms with Gasteiger partial charge < -0.3 is 15.0 Å². The molecule has 0 spiro atoms. The molecule has 1 aliphatic rings. The Hall–Kier alpha value is -2.94. The van der Waals surface area contributed by atoms with Gasteiger partial charge in [0.05, 0.1) is 23.2 Å². The molecule has 8 nitrogen and oxygen atoms in total. The average molecular weight is 428 g/mol. The monoisotopic (exact) mass is 427 g/mol. The average Bonchev–Trinajstić information content (AvgIpc) is 3.21. The van der Waals surface area contributed by atoms with E-state index in [1.165, 1.54) is 10.7 Å². The molecule has 0 saturated carbocycles. The van der Waals surface area contributed by atoms with Gasteiger partial charge in [-0.25, -0.2) is 9.67 Å². The molecular weight excluding hydrogens is 402 g/mol. The standard InChI is InChI=1S/C21H25N5O3S/c1-29-16-7-8-17-18(13-16)30-21(24-17)25-11-3-5-15(14-25)20(28)22-9-4-12-26-19(27)6-2-10-23-26/h2,6-8,10,13,15H,3-5,9,11-12,14H2,1H3,(H,22,28). The molecule has 3 heterocycles. The first-order valence-electron chi connectivity index (χ1n) is 10.1. The van der Waals surface area contributed by atoms with Crippen molar-refractivity contribution in [2.45, 2.75) is 25.8 Å². The fourth-order valence-electron chi connectivity index (χ4n) is 3.66. The lowest BCUT2D eigenvalue weighted by Crippen LogP contribution is -2.43. The van der Waals surface area contributed by atoms with Crippen molar-refractivity contribution in [3.05, 3.63) is 46.9 Å². The number of anilines is 1. The molecule has 1 N–H and O–H groups in total. The molecule has 0 bridgehead atoms. The van der Waals surface area contributed by atoms with Crippen LogP contribution >= 0.6 is 11.3 Å². The molecule has 0 radical (unpaired) electrons. The van der Waals surface area contributed by atoms with Crippen molar-refractivity contribution in [1.29, 1.82) is 0 Å². The van der Waals surface area contributed by atoms with Crippen LogP contribution in [0.5, 0.6) is 5.75 Å². The SMILES string of the molecule is COc1ccc2nc(N3CCCC(C(=O)NCCCn4ncccc4=O)C3)sc2c1. The van der Waals surface area contributed by atoms with Crippen molar-refractivity contribution < 1.29 is 9.53 Å². The number of hydrogen-bond donors (Lipinski definition) is 1. The molecule has 1 saturated heterocycles. The van der Waals surface area contributed by atoms with Gasteiger partial charge in [-0.05, 0) is 43.5 Å². The van der Waals surface area contributed by atoms with Gasteiger partial charge in [-0.15, -0.1) is 0 Å². The number of benzene rings is 1. The van der Waals surface area contributed by atoms with E-state index < -0.39 is 0 Å². The highest BCUT2D eigenvalue weighted by Gasteiger charge is 2.27. The summed E-state index contributed by atoms with van der Waals surface area (Å²) in [6, 6.07) is 8.99. The van der Waals surface area contributed by atoms with Gasteiger partial charge in [-0.1, -0.05) is 11.3 Å². The fourth-order valence-corrected chi connectivity index (χ4v) is 4.69. The first kappa shape index (κ1) is 20.3. The number of nitrogens with zero attached hydrogens (tertiary/aromatic N) is 4. The number of rotatable bonds is 7. The van der Waals surface area contributed by atoms with Gasteiger partial charge in [-0.2, -0.15) is 5.10 Å². The molecule has 4 rings (SSSR count). The summed E-state index contributed by atoms with van der Waals surface area (Å²) in [5.74, 6) is 0.829. The Balaban J connectivity index is 1.31. The van der Waals surface area contributed by atoms with Crippen LogP contribution in [-0.4, -0.2) is 47.4 Å². The zero-order valence-corrected chi connectivity index (χ0v) is 17.7. The van der Waals surface area contributed by atoms with Gasteiger partial charge in [-0.3, -0.25) is 9.59 Å². The second-order valence-corrected chi connectivity index (χ2v) is 8.35. The second-order valence-electron chi connectivity index (χ2n) is 7.34. The molecule has 3 aromatic rings. The van der Waals surface area contributed by atoms with Crippen LogP contribution in [0.4, 0.5) is 5.13 Å². The van der Waals surface area contributed by atoms with Gasteiger partial charge in [0.15, 0.2) is 5.13 Å². The number of aromatic nitrogens is 3. The first-order valence-corrected chi connectivity index (χ1v) is 10.9. The molecule has 2 aromatic heterocycles. The van der Waals surface area contributed by atoms with E-state index in [1.807, 2.05) is 18.2 Å². The normalized spacial score (nSPS) is 16.6. The lowest BCUT2D eigenvalue weighted by Gasteiger charge is -2.31. The van der Waals surface area contributed by atoms with Crippen molar-refractivity contribution in [3.63, 3.8) is 0 Å². The molecule has 1 aromatic carbocycles. The van der Waals surface area contributed by atoms with Crippen LogP contribution < -0.4 is 20.5 Å². The number of methoxy groups -OCH3 is 1. The number of piperidine rings is 1. The minimum Gasteiger partial charge on any atom is -0.497 e. The van der Waals surface area contributed by atoms with E-state index >= 15 is 0 Å². The highest BCUT2D eigenvalue weighted by Crippen LogP contribution is 2.33. The molecule has 9 heteroatoms. The number of amides is 1. The molecule has 30 heavy (non-hydrogen) atoms. The Kier molecular flexibility index (Phi) is 6.27. The zero-order chi connectivity index (χ0) is 20.9. The molecule has 158 valence electrons. The number of thiazole rings is 1. The van der Waals surface area contributed by atoms with Crippen LogP contribution in [0.1, 0.15) is 19.3 Å². The summed E-state index contributed by atoms with van der Waals surface area (Å²) in [5, 5.41) is 7.99. The predicted octanol–water partition coefficient (Wildman–Crippen LogP) is 2.28. The molecule has 1 unspecified atom stereocenters. The van der Waals surface area contributed by atoms with E-state index in [1.54, 1.807) is 30.7 Å². The minimum atomic E-state index is -0.125. The van der Waals surface area contributed by atoms with Gasteiger partial charge in [0.2, 0.25) is 5.91 Å². The summed E-state index contributed by atoms with van der Waals surface area (Å²) in [6.45, 7) is 2.59. The van der Waals surface area contributed by atoms with E-state index in [0.29, 0.717) is 26.1 Å². The summed E-state index contributed by atoms with van der Waals surface area (Å²) in [4.78, 5) is 31.3. The second kappa shape index (κ2) is 9.25. The Labute approximate surface area is 178 Å². The first-order chi connectivity index (χ1) is 14.6. The van der Waals surface area contributed by atoms with Gasteiger partial charge in [0.25, 0.3) is 5.56 Å². The smallest absolute Gasteiger partial charge is 0.266 e. The van der Waals surface area contributed by atoms with Crippen molar-refractivity contribution in [2.75, 3.05) is 31.6 Å². The highest BCUT2D eigenvalue weighted by molar-refractivity contribution is 7.22. The van der Waals surface area contributed by atoms with E-state index in [0.717, 1.165) is 40.5 Å². The number of carbonyl (C=O) groups excluding carboxylic acids is 1. The van der Waals surface area contributed by atoms with Crippen LogP contribution in [0.25, 0.3) is 10.2 Å². The minimum absolute atomic E-state index is 0.0575. The van der Waals surface area contributed by atoms with E-state index in [9.17, 15) is 9.59 Å². The lowest BCUT2D eigenvalue weighted by molar-refractivity contribution is -0.125. The number of nitrogens with one attached hydrogen (secondary N) is 1.